The molecule has 0 saturated heterocycles. The molecule has 0 saturated carbocycles. The Morgan fingerprint density at radius 1 is 1.00 bits per heavy atom. The van der Waals surface area contributed by atoms with Crippen LogP contribution in [0, 0.1) is 0 Å². The van der Waals surface area contributed by atoms with Gasteiger partial charge < -0.3 is 14.5 Å². The van der Waals surface area contributed by atoms with Crippen LogP contribution in [0.3, 0.4) is 0 Å². The Bertz CT molecular complexity index is 64.8. The van der Waals surface area contributed by atoms with Crippen molar-refractivity contribution in [3.63, 3.8) is 0 Å². The van der Waals surface area contributed by atoms with E-state index in [0.29, 0.717) is 0 Å². The molecule has 0 spiro atoms. The molecule has 0 atom stereocenters. The van der Waals surface area contributed by atoms with E-state index in [2.05, 4.69) is 41.2 Å². The Labute approximate surface area is 72.4 Å². The van der Waals surface area contributed by atoms with Gasteiger partial charge in [0.2, 0.25) is 0 Å². The lowest BCUT2D eigenvalue weighted by Gasteiger charge is -2.15. The van der Waals surface area contributed by atoms with Crippen molar-refractivity contribution in [2.24, 2.45) is 0 Å². The van der Waals surface area contributed by atoms with Crippen molar-refractivity contribution in [1.29, 1.82) is 0 Å². The summed E-state index contributed by atoms with van der Waals surface area (Å²) in [5.41, 5.74) is 0. The summed E-state index contributed by atoms with van der Waals surface area (Å²) in [5.74, 6) is 0. The highest BCUT2D eigenvalue weighted by atomic mass is 28.2. The van der Waals surface area contributed by atoms with Gasteiger partial charge in [-0.2, -0.15) is 0 Å². The van der Waals surface area contributed by atoms with Crippen LogP contribution in [-0.4, -0.2) is 62.0 Å². The van der Waals surface area contributed by atoms with Crippen LogP contribution in [0.15, 0.2) is 0 Å². The summed E-state index contributed by atoms with van der Waals surface area (Å²) >= 11 is 0. The lowest BCUT2D eigenvalue weighted by molar-refractivity contribution is 0.461. The Hall–Kier alpha value is 0.531. The third-order valence-electron chi connectivity index (χ3n) is 1.01. The average Bonchev–Trinajstić information content (AvgIpc) is 1.97. The summed E-state index contributed by atoms with van der Waals surface area (Å²) in [6.07, 6.45) is 0. The third-order valence-corrected chi connectivity index (χ3v) is 1.96. The molecule has 0 bridgehead atoms. The highest BCUT2D eigenvalue weighted by molar-refractivity contribution is 6.05. The van der Waals surface area contributed by atoms with Crippen molar-refractivity contribution < 1.29 is 0 Å². The topological polar surface area (TPSA) is 27.3 Å². The molecule has 10 heavy (non-hydrogen) atoms. The maximum atomic E-state index is 3.44. The molecule has 9 radical (unpaired) electrons. The van der Waals surface area contributed by atoms with E-state index in [0.717, 1.165) is 26.2 Å². The third kappa shape index (κ3) is 6.65. The zero-order valence-electron chi connectivity index (χ0n) is 5.78. The molecule has 0 fully saturated rings. The van der Waals surface area contributed by atoms with Crippen LogP contribution < -0.4 is 9.96 Å². The Balaban J connectivity index is 3.00. The molecular formula is C4H10N3Si3. The highest BCUT2D eigenvalue weighted by Gasteiger charge is 1.93. The second kappa shape index (κ2) is 7.64. The Morgan fingerprint density at radius 2 is 1.40 bits per heavy atom. The molecule has 3 nitrogen and oxygen atoms in total. The van der Waals surface area contributed by atoms with Gasteiger partial charge in [0, 0.05) is 26.2 Å². The standard InChI is InChI=1S/C4H10N3Si3/c8-5-1-3-7(10)4-2-6-9/h5-6H,1-4H2. The van der Waals surface area contributed by atoms with E-state index in [1.807, 2.05) is 4.57 Å². The van der Waals surface area contributed by atoms with Gasteiger partial charge in [-0.25, -0.2) is 0 Å². The summed E-state index contributed by atoms with van der Waals surface area (Å²) in [5, 5.41) is 0. The number of hydrogen-bond donors (Lipinski definition) is 2. The first kappa shape index (κ1) is 10.5. The van der Waals surface area contributed by atoms with Gasteiger partial charge in [-0.3, -0.25) is 0 Å². The van der Waals surface area contributed by atoms with E-state index in [-0.39, 0.29) is 0 Å². The molecule has 0 amide bonds. The van der Waals surface area contributed by atoms with Gasteiger partial charge in [-0.15, -0.1) is 0 Å². The van der Waals surface area contributed by atoms with E-state index >= 15 is 0 Å². The summed E-state index contributed by atoms with van der Waals surface area (Å²) < 4.78 is 2.04. The van der Waals surface area contributed by atoms with Crippen molar-refractivity contribution in [2.45, 2.75) is 0 Å². The number of hydrogen-bond acceptors (Lipinski definition) is 3. The minimum Gasteiger partial charge on any atom is -0.339 e. The quantitative estimate of drug-likeness (QED) is 0.456. The largest absolute Gasteiger partial charge is 0.339 e. The predicted octanol–water partition coefficient (Wildman–Crippen LogP) is -2.28. The van der Waals surface area contributed by atoms with E-state index in [4.69, 9.17) is 0 Å². The van der Waals surface area contributed by atoms with Crippen LogP contribution in [0.5, 0.6) is 0 Å². The van der Waals surface area contributed by atoms with Crippen LogP contribution in [0.25, 0.3) is 0 Å². The van der Waals surface area contributed by atoms with Crippen LogP contribution >= 0.6 is 0 Å². The summed E-state index contributed by atoms with van der Waals surface area (Å²) in [4.78, 5) is 5.75. The van der Waals surface area contributed by atoms with E-state index in [9.17, 15) is 0 Å². The van der Waals surface area contributed by atoms with Gasteiger partial charge in [-0.1, -0.05) is 0 Å². The summed E-state index contributed by atoms with van der Waals surface area (Å²) in [7, 11) is 9.77. The van der Waals surface area contributed by atoms with Crippen LogP contribution in [0.2, 0.25) is 0 Å². The first-order chi connectivity index (χ1) is 4.81. The molecule has 0 aliphatic carbocycles. The minimum absolute atomic E-state index is 0.919. The second-order valence-corrected chi connectivity index (χ2v) is 3.18. The molecule has 0 heterocycles. The zero-order chi connectivity index (χ0) is 7.82. The van der Waals surface area contributed by atoms with Crippen molar-refractivity contribution in [3.8, 4) is 0 Å². The SMILES string of the molecule is [Si]NCCN([Si])CCN[Si]. The fourth-order valence-electron chi connectivity index (χ4n) is 0.494. The number of nitrogens with zero attached hydrogens (tertiary/aromatic N) is 1. The van der Waals surface area contributed by atoms with Crippen molar-refractivity contribution in [1.82, 2.24) is 14.5 Å². The van der Waals surface area contributed by atoms with Gasteiger partial charge in [0.25, 0.3) is 0 Å². The van der Waals surface area contributed by atoms with Gasteiger partial charge >= 0.3 is 0 Å². The molecule has 2 N–H and O–H groups in total. The molecule has 6 heteroatoms. The number of rotatable bonds is 6. The van der Waals surface area contributed by atoms with E-state index < -0.39 is 0 Å². The average molecular weight is 184 g/mol. The van der Waals surface area contributed by atoms with Crippen molar-refractivity contribution in [3.05, 3.63) is 0 Å². The van der Waals surface area contributed by atoms with Gasteiger partial charge in [-0.05, 0) is 0 Å². The fourth-order valence-corrected chi connectivity index (χ4v) is 0.941. The van der Waals surface area contributed by atoms with Crippen molar-refractivity contribution in [2.75, 3.05) is 26.2 Å². The second-order valence-electron chi connectivity index (χ2n) is 1.84. The normalized spacial score (nSPS) is 10.8. The first-order valence-corrected chi connectivity index (χ1v) is 4.51. The summed E-state index contributed by atoms with van der Waals surface area (Å²) in [6.45, 7) is 3.77. The van der Waals surface area contributed by atoms with Crippen LogP contribution in [0.1, 0.15) is 0 Å². The molecule has 0 aromatic heterocycles. The zero-order valence-corrected chi connectivity index (χ0v) is 8.78. The lowest BCUT2D eigenvalue weighted by Crippen LogP contribution is -2.34. The van der Waals surface area contributed by atoms with Gasteiger partial charge in [0.15, 0.2) is 0 Å². The Kier molecular flexibility index (Phi) is 8.04. The fraction of sp³-hybridized carbons (Fsp3) is 1.00. The Morgan fingerprint density at radius 3 is 1.70 bits per heavy atom. The molecular weight excluding hydrogens is 174 g/mol. The van der Waals surface area contributed by atoms with Crippen LogP contribution in [-0.2, 0) is 0 Å². The maximum Gasteiger partial charge on any atom is 0.143 e. The van der Waals surface area contributed by atoms with Crippen molar-refractivity contribution >= 4 is 31.2 Å². The predicted molar refractivity (Wildman–Crippen MR) is 44.8 cm³/mol. The minimum atomic E-state index is 0.919. The molecule has 0 aliphatic heterocycles. The highest BCUT2D eigenvalue weighted by Crippen LogP contribution is 1.75. The molecule has 0 aliphatic rings. The van der Waals surface area contributed by atoms with E-state index in [1.165, 1.54) is 0 Å². The summed E-state index contributed by atoms with van der Waals surface area (Å²) in [6, 6.07) is 0. The molecule has 53 valence electrons. The van der Waals surface area contributed by atoms with Gasteiger partial charge in [0.1, 0.15) is 31.2 Å². The monoisotopic (exact) mass is 184 g/mol. The molecule has 0 unspecified atom stereocenters. The van der Waals surface area contributed by atoms with Gasteiger partial charge in [0.05, 0.1) is 0 Å². The molecule has 0 rings (SSSR count). The van der Waals surface area contributed by atoms with Crippen LogP contribution in [0.4, 0.5) is 0 Å². The smallest absolute Gasteiger partial charge is 0.143 e. The lowest BCUT2D eigenvalue weighted by atomic mass is 10.6. The van der Waals surface area contributed by atoms with E-state index in [1.54, 1.807) is 0 Å². The maximum absolute atomic E-state index is 3.44. The number of nitrogens with one attached hydrogen (secondary N) is 2. The molecule has 0 aromatic carbocycles. The first-order valence-electron chi connectivity index (χ1n) is 3.06. The molecule has 0 aromatic rings.